The first-order valence-electron chi connectivity index (χ1n) is 6.55. The number of benzene rings is 1. The Morgan fingerprint density at radius 1 is 1.26 bits per heavy atom. The second kappa shape index (κ2) is 4.35. The van der Waals surface area contributed by atoms with Crippen LogP contribution >= 0.6 is 0 Å². The van der Waals surface area contributed by atoms with Crippen LogP contribution in [0, 0.1) is 0 Å². The number of carbonyl (C=O) groups excluding carboxylic acids is 2. The van der Waals surface area contributed by atoms with Gasteiger partial charge in [0.25, 0.3) is 0 Å². The number of amides is 2. The molecule has 2 aliphatic rings. The van der Waals surface area contributed by atoms with Gasteiger partial charge in [-0.25, -0.2) is 0 Å². The molecule has 2 amide bonds. The number of rotatable bonds is 2. The molecular formula is C14H17N3O2. The molecule has 0 atom stereocenters. The molecule has 1 aromatic carbocycles. The van der Waals surface area contributed by atoms with E-state index in [0.717, 1.165) is 30.5 Å². The molecular weight excluding hydrogens is 242 g/mol. The Labute approximate surface area is 111 Å². The zero-order valence-corrected chi connectivity index (χ0v) is 10.7. The van der Waals surface area contributed by atoms with Crippen LogP contribution in [0.2, 0.25) is 0 Å². The van der Waals surface area contributed by atoms with Gasteiger partial charge in [-0.3, -0.25) is 9.59 Å². The maximum Gasteiger partial charge on any atom is 0.246 e. The van der Waals surface area contributed by atoms with Crippen molar-refractivity contribution in [1.82, 2.24) is 5.32 Å². The second-order valence-corrected chi connectivity index (χ2v) is 5.32. The van der Waals surface area contributed by atoms with Crippen LogP contribution in [-0.4, -0.2) is 24.9 Å². The Morgan fingerprint density at radius 2 is 2.05 bits per heavy atom. The number of piperazine rings is 1. The number of nitrogens with one attached hydrogen (secondary N) is 1. The lowest BCUT2D eigenvalue weighted by Gasteiger charge is -2.39. The van der Waals surface area contributed by atoms with E-state index >= 15 is 0 Å². The molecule has 0 bridgehead atoms. The van der Waals surface area contributed by atoms with Crippen molar-refractivity contribution in [3.8, 4) is 0 Å². The van der Waals surface area contributed by atoms with Gasteiger partial charge in [0.1, 0.15) is 6.54 Å². The van der Waals surface area contributed by atoms with Crippen LogP contribution in [0.3, 0.4) is 0 Å². The molecule has 100 valence electrons. The first kappa shape index (κ1) is 12.2. The van der Waals surface area contributed by atoms with E-state index < -0.39 is 0 Å². The van der Waals surface area contributed by atoms with Gasteiger partial charge in [-0.15, -0.1) is 0 Å². The predicted octanol–water partition coefficient (Wildman–Crippen LogP) is 0.487. The monoisotopic (exact) mass is 259 g/mol. The molecule has 0 spiro atoms. The van der Waals surface area contributed by atoms with Crippen molar-refractivity contribution >= 4 is 17.5 Å². The number of carbonyl (C=O) groups is 2. The molecule has 1 aromatic rings. The molecule has 0 unspecified atom stereocenters. The number of hydrogen-bond donors (Lipinski definition) is 2. The molecule has 1 aliphatic heterocycles. The molecule has 3 rings (SSSR count). The van der Waals surface area contributed by atoms with E-state index in [9.17, 15) is 9.59 Å². The van der Waals surface area contributed by atoms with Crippen LogP contribution in [0.15, 0.2) is 24.3 Å². The third-order valence-electron chi connectivity index (χ3n) is 4.02. The first-order valence-corrected chi connectivity index (χ1v) is 6.55. The van der Waals surface area contributed by atoms with Crippen molar-refractivity contribution in [2.75, 3.05) is 18.0 Å². The molecule has 5 nitrogen and oxygen atoms in total. The fourth-order valence-corrected chi connectivity index (χ4v) is 2.62. The summed E-state index contributed by atoms with van der Waals surface area (Å²) in [5, 5.41) is 2.54. The molecule has 1 aliphatic carbocycles. The SMILES string of the molecule is NC1(c2cccc(N3CC(=O)NCC3=O)c2)CCC1. The Morgan fingerprint density at radius 3 is 2.74 bits per heavy atom. The fourth-order valence-electron chi connectivity index (χ4n) is 2.62. The van der Waals surface area contributed by atoms with Crippen molar-refractivity contribution in [2.24, 2.45) is 5.73 Å². The smallest absolute Gasteiger partial charge is 0.246 e. The minimum absolute atomic E-state index is 0.0663. The van der Waals surface area contributed by atoms with Crippen molar-refractivity contribution in [3.05, 3.63) is 29.8 Å². The van der Waals surface area contributed by atoms with Gasteiger partial charge in [0, 0.05) is 11.2 Å². The van der Waals surface area contributed by atoms with Gasteiger partial charge >= 0.3 is 0 Å². The van der Waals surface area contributed by atoms with Crippen LogP contribution < -0.4 is 16.0 Å². The lowest BCUT2D eigenvalue weighted by molar-refractivity contribution is -0.128. The van der Waals surface area contributed by atoms with Gasteiger partial charge in [-0.05, 0) is 37.0 Å². The highest BCUT2D eigenvalue weighted by Crippen LogP contribution is 2.39. The standard InChI is InChI=1S/C14H17N3O2/c15-14(5-2-6-14)10-3-1-4-11(7-10)17-9-12(18)16-8-13(17)19/h1,3-4,7H,2,5-6,8-9,15H2,(H,16,18). The van der Waals surface area contributed by atoms with Crippen LogP contribution in [0.4, 0.5) is 5.69 Å². The topological polar surface area (TPSA) is 75.4 Å². The highest BCUT2D eigenvalue weighted by molar-refractivity contribution is 6.04. The normalized spacial score (nSPS) is 21.8. The Bertz CT molecular complexity index is 537. The summed E-state index contributed by atoms with van der Waals surface area (Å²) in [6.45, 7) is 0.149. The van der Waals surface area contributed by atoms with E-state index in [1.807, 2.05) is 24.3 Å². The van der Waals surface area contributed by atoms with Crippen LogP contribution in [0.25, 0.3) is 0 Å². The minimum Gasteiger partial charge on any atom is -0.345 e. The van der Waals surface area contributed by atoms with E-state index in [2.05, 4.69) is 5.32 Å². The summed E-state index contributed by atoms with van der Waals surface area (Å²) in [5.74, 6) is -0.215. The highest BCUT2D eigenvalue weighted by Gasteiger charge is 2.35. The van der Waals surface area contributed by atoms with Crippen LogP contribution in [0.1, 0.15) is 24.8 Å². The third kappa shape index (κ3) is 2.10. The average molecular weight is 259 g/mol. The lowest BCUT2D eigenvalue weighted by atomic mass is 9.73. The second-order valence-electron chi connectivity index (χ2n) is 5.32. The summed E-state index contributed by atoms with van der Waals surface area (Å²) < 4.78 is 0. The Kier molecular flexibility index (Phi) is 2.78. The van der Waals surface area contributed by atoms with Crippen molar-refractivity contribution < 1.29 is 9.59 Å². The van der Waals surface area contributed by atoms with Crippen LogP contribution in [-0.2, 0) is 15.1 Å². The molecule has 1 saturated heterocycles. The average Bonchev–Trinajstić information content (AvgIpc) is 2.39. The summed E-state index contributed by atoms with van der Waals surface area (Å²) >= 11 is 0. The molecule has 2 fully saturated rings. The zero-order chi connectivity index (χ0) is 13.5. The highest BCUT2D eigenvalue weighted by atomic mass is 16.2. The number of hydrogen-bond acceptors (Lipinski definition) is 3. The maximum atomic E-state index is 11.9. The number of nitrogens with zero attached hydrogens (tertiary/aromatic N) is 1. The quantitative estimate of drug-likeness (QED) is 0.811. The van der Waals surface area contributed by atoms with Crippen molar-refractivity contribution in [2.45, 2.75) is 24.8 Å². The first-order chi connectivity index (χ1) is 9.08. The van der Waals surface area contributed by atoms with E-state index in [0.29, 0.717) is 0 Å². The molecule has 0 radical (unpaired) electrons. The lowest BCUT2D eigenvalue weighted by Crippen LogP contribution is -2.52. The molecule has 1 saturated carbocycles. The van der Waals surface area contributed by atoms with Gasteiger partial charge in [0.15, 0.2) is 0 Å². The van der Waals surface area contributed by atoms with Gasteiger partial charge in [0.2, 0.25) is 11.8 Å². The fraction of sp³-hybridized carbons (Fsp3) is 0.429. The molecule has 5 heteroatoms. The van der Waals surface area contributed by atoms with E-state index in [1.54, 1.807) is 0 Å². The molecule has 3 N–H and O–H groups in total. The Balaban J connectivity index is 1.90. The van der Waals surface area contributed by atoms with Crippen molar-refractivity contribution in [3.63, 3.8) is 0 Å². The van der Waals surface area contributed by atoms with Gasteiger partial charge in [-0.1, -0.05) is 12.1 Å². The zero-order valence-electron chi connectivity index (χ0n) is 10.7. The van der Waals surface area contributed by atoms with E-state index in [1.165, 1.54) is 4.90 Å². The van der Waals surface area contributed by atoms with Crippen LogP contribution in [0.5, 0.6) is 0 Å². The summed E-state index contributed by atoms with van der Waals surface area (Å²) in [7, 11) is 0. The summed E-state index contributed by atoms with van der Waals surface area (Å²) in [6, 6.07) is 7.69. The summed E-state index contributed by atoms with van der Waals surface area (Å²) in [5.41, 5.74) is 7.86. The number of nitrogens with two attached hydrogens (primary N) is 1. The van der Waals surface area contributed by atoms with Gasteiger partial charge in [0.05, 0.1) is 6.54 Å². The van der Waals surface area contributed by atoms with E-state index in [-0.39, 0.29) is 30.4 Å². The third-order valence-corrected chi connectivity index (χ3v) is 4.02. The summed E-state index contributed by atoms with van der Waals surface area (Å²) in [6.07, 6.45) is 3.10. The molecule has 19 heavy (non-hydrogen) atoms. The van der Waals surface area contributed by atoms with E-state index in [4.69, 9.17) is 5.73 Å². The maximum absolute atomic E-state index is 11.9. The largest absolute Gasteiger partial charge is 0.345 e. The van der Waals surface area contributed by atoms with Gasteiger partial charge in [-0.2, -0.15) is 0 Å². The number of anilines is 1. The van der Waals surface area contributed by atoms with Crippen molar-refractivity contribution in [1.29, 1.82) is 0 Å². The predicted molar refractivity (Wildman–Crippen MR) is 71.5 cm³/mol. The minimum atomic E-state index is -0.253. The van der Waals surface area contributed by atoms with Gasteiger partial charge < -0.3 is 16.0 Å². The molecule has 0 aromatic heterocycles. The molecule has 1 heterocycles. The summed E-state index contributed by atoms with van der Waals surface area (Å²) in [4.78, 5) is 24.8. The Hall–Kier alpha value is -1.88.